The van der Waals surface area contributed by atoms with Crippen LogP contribution in [0.5, 0.6) is 11.5 Å². The molecule has 0 N–H and O–H groups in total. The highest BCUT2D eigenvalue weighted by Gasteiger charge is 2.26. The lowest BCUT2D eigenvalue weighted by molar-refractivity contribution is -0.217. The number of methoxy groups -OCH3 is 1. The van der Waals surface area contributed by atoms with E-state index >= 15 is 0 Å². The van der Waals surface area contributed by atoms with Crippen LogP contribution in [0.4, 0.5) is 0 Å². The van der Waals surface area contributed by atoms with Crippen molar-refractivity contribution in [2.24, 2.45) is 11.8 Å². The zero-order valence-corrected chi connectivity index (χ0v) is 37.0. The Balaban J connectivity index is 0.000000404. The molecule has 0 bridgehead atoms. The van der Waals surface area contributed by atoms with E-state index in [-0.39, 0.29) is 11.8 Å². The third-order valence-electron chi connectivity index (χ3n) is 10.6. The van der Waals surface area contributed by atoms with Crippen molar-refractivity contribution in [2.75, 3.05) is 13.7 Å². The molecule has 324 valence electrons. The average Bonchev–Trinajstić information content (AvgIpc) is 4.07. The van der Waals surface area contributed by atoms with Gasteiger partial charge in [-0.3, -0.25) is 4.79 Å². The van der Waals surface area contributed by atoms with E-state index in [2.05, 4.69) is 39.1 Å². The summed E-state index contributed by atoms with van der Waals surface area (Å²) in [6.45, 7) is 15.3. The predicted molar refractivity (Wildman–Crippen MR) is 243 cm³/mol. The van der Waals surface area contributed by atoms with Gasteiger partial charge in [-0.15, -0.1) is 6.58 Å². The fourth-order valence-electron chi connectivity index (χ4n) is 6.52. The summed E-state index contributed by atoms with van der Waals surface area (Å²) in [5.74, 6) is 3.61. The van der Waals surface area contributed by atoms with Crippen LogP contribution in [-0.2, 0) is 25.8 Å². The maximum Gasteiger partial charge on any atom is 0.338 e. The van der Waals surface area contributed by atoms with Gasteiger partial charge in [0.25, 0.3) is 0 Å². The van der Waals surface area contributed by atoms with Crippen molar-refractivity contribution in [3.8, 4) is 22.6 Å². The molecule has 0 aromatic heterocycles. The van der Waals surface area contributed by atoms with Crippen LogP contribution in [0.2, 0.25) is 0 Å². The van der Waals surface area contributed by atoms with E-state index < -0.39 is 0 Å². The van der Waals surface area contributed by atoms with E-state index in [1.54, 1.807) is 25.3 Å². The molecule has 7 nitrogen and oxygen atoms in total. The van der Waals surface area contributed by atoms with E-state index in [1.807, 2.05) is 49.4 Å². The highest BCUT2D eigenvalue weighted by atomic mass is 17.2. The number of unbranched alkanes of at least 4 members (excludes halogenated alkanes) is 6. The number of ether oxygens (including phenoxy) is 2. The molecule has 59 heavy (non-hydrogen) atoms. The zero-order chi connectivity index (χ0) is 43.1. The van der Waals surface area contributed by atoms with Gasteiger partial charge in [-0.2, -0.15) is 4.89 Å². The normalized spacial score (nSPS) is 13.9. The molecule has 0 spiro atoms. The molecular weight excluding hydrogens is 737 g/mol. The second-order valence-corrected chi connectivity index (χ2v) is 15.5. The van der Waals surface area contributed by atoms with Crippen molar-refractivity contribution in [2.45, 2.75) is 149 Å². The van der Waals surface area contributed by atoms with Crippen molar-refractivity contribution in [1.82, 2.24) is 0 Å². The fourth-order valence-corrected chi connectivity index (χ4v) is 6.52. The minimum Gasteiger partial charge on any atom is -0.496 e. The molecule has 6 rings (SSSR count). The molecule has 0 amide bonds. The smallest absolute Gasteiger partial charge is 0.338 e. The quantitative estimate of drug-likeness (QED) is 0.0214. The van der Waals surface area contributed by atoms with Crippen LogP contribution >= 0.6 is 0 Å². The van der Waals surface area contributed by atoms with E-state index in [0.29, 0.717) is 36.4 Å². The average molecular weight is 811 g/mol. The Hall–Kier alpha value is -4.49. The van der Waals surface area contributed by atoms with E-state index in [0.717, 1.165) is 66.7 Å². The van der Waals surface area contributed by atoms with Gasteiger partial charge in [0.1, 0.15) is 18.6 Å². The van der Waals surface area contributed by atoms with E-state index in [9.17, 15) is 9.59 Å². The Kier molecular flexibility index (Phi) is 27.0. The molecule has 0 atom stereocenters. The number of hydrogen-bond acceptors (Lipinski definition) is 7. The van der Waals surface area contributed by atoms with Crippen LogP contribution in [0.3, 0.4) is 0 Å². The minimum absolute atomic E-state index is 0.222. The van der Waals surface area contributed by atoms with Crippen LogP contribution in [0.15, 0.2) is 92.0 Å². The number of aldehydes is 1. The molecule has 0 saturated heterocycles. The first-order chi connectivity index (χ1) is 28.8. The van der Waals surface area contributed by atoms with E-state index in [4.69, 9.17) is 24.0 Å². The van der Waals surface area contributed by atoms with Crippen molar-refractivity contribution >= 4 is 18.0 Å². The summed E-state index contributed by atoms with van der Waals surface area (Å²) in [6.07, 6.45) is 26.3. The lowest BCUT2D eigenvalue weighted by atomic mass is 9.79. The third-order valence-corrected chi connectivity index (χ3v) is 10.6. The number of hydrogen-bond donors (Lipinski definition) is 0. The summed E-state index contributed by atoms with van der Waals surface area (Å²) in [5, 5.41) is 0. The summed E-state index contributed by atoms with van der Waals surface area (Å²) in [4.78, 5) is 42.4. The number of ketones is 1. The molecule has 7 heteroatoms. The first-order valence-corrected chi connectivity index (χ1v) is 22.3. The molecule has 0 heterocycles. The number of allylic oxidation sites excluding steroid dienone is 2. The first-order valence-electron chi connectivity index (χ1n) is 22.3. The van der Waals surface area contributed by atoms with Gasteiger partial charge in [0.15, 0.2) is 11.5 Å². The fraction of sp³-hybridized carbons (Fsp3) is 0.519. The second-order valence-electron chi connectivity index (χ2n) is 15.5. The third kappa shape index (κ3) is 20.9. The van der Waals surface area contributed by atoms with Gasteiger partial charge in [-0.05, 0) is 116 Å². The molecule has 0 radical (unpaired) electrons. The van der Waals surface area contributed by atoms with Crippen LogP contribution in [0, 0.1) is 11.8 Å². The lowest BCUT2D eigenvalue weighted by Gasteiger charge is -2.27. The summed E-state index contributed by atoms with van der Waals surface area (Å²) in [7, 11) is 1.72. The van der Waals surface area contributed by atoms with Gasteiger partial charge < -0.3 is 19.2 Å². The number of carbonyl (C=O) groups is 3. The number of benzene rings is 3. The number of carbonyl (C=O) groups excluding carboxylic acids is 3. The topological polar surface area (TPSA) is 88.1 Å². The van der Waals surface area contributed by atoms with Crippen LogP contribution in [0.1, 0.15) is 164 Å². The number of rotatable bonds is 20. The summed E-state index contributed by atoms with van der Waals surface area (Å²) in [6, 6.07) is 21.4. The first kappa shape index (κ1) is 50.7. The van der Waals surface area contributed by atoms with E-state index in [1.165, 1.54) is 95.6 Å². The van der Waals surface area contributed by atoms with Gasteiger partial charge >= 0.3 is 5.97 Å². The van der Waals surface area contributed by atoms with Crippen molar-refractivity contribution < 1.29 is 33.6 Å². The largest absolute Gasteiger partial charge is 0.496 e. The zero-order valence-electron chi connectivity index (χ0n) is 37.0. The van der Waals surface area contributed by atoms with Gasteiger partial charge in [0.2, 0.25) is 0 Å². The molecule has 3 aromatic rings. The Morgan fingerprint density at radius 1 is 0.746 bits per heavy atom. The van der Waals surface area contributed by atoms with Gasteiger partial charge in [0.05, 0.1) is 19.3 Å². The van der Waals surface area contributed by atoms with Crippen molar-refractivity contribution in [1.29, 1.82) is 0 Å². The Labute approximate surface area is 356 Å². The lowest BCUT2D eigenvalue weighted by Crippen LogP contribution is -2.10. The van der Waals surface area contributed by atoms with Crippen LogP contribution in [0.25, 0.3) is 11.1 Å². The summed E-state index contributed by atoms with van der Waals surface area (Å²) in [5.41, 5.74) is 4.90. The monoisotopic (exact) mass is 811 g/mol. The van der Waals surface area contributed by atoms with Crippen LogP contribution < -0.4 is 9.62 Å². The highest BCUT2D eigenvalue weighted by Crippen LogP contribution is 2.41. The minimum atomic E-state index is -0.274. The summed E-state index contributed by atoms with van der Waals surface area (Å²) < 4.78 is 10.9. The molecule has 0 unspecified atom stereocenters. The van der Waals surface area contributed by atoms with Crippen LogP contribution in [-0.4, -0.2) is 31.8 Å². The number of esters is 1. The van der Waals surface area contributed by atoms with Gasteiger partial charge in [-0.25, -0.2) is 4.79 Å². The second kappa shape index (κ2) is 31.4. The van der Waals surface area contributed by atoms with Crippen molar-refractivity contribution in [3.05, 3.63) is 109 Å². The summed E-state index contributed by atoms with van der Waals surface area (Å²) >= 11 is 0. The molecule has 3 aromatic carbocycles. The van der Waals surface area contributed by atoms with Crippen molar-refractivity contribution in [3.63, 3.8) is 0 Å². The highest BCUT2D eigenvalue weighted by molar-refractivity contribution is 5.92. The predicted octanol–water partition coefficient (Wildman–Crippen LogP) is 14.2. The Morgan fingerprint density at radius 3 is 1.81 bits per heavy atom. The maximum atomic E-state index is 12.1. The van der Waals surface area contributed by atoms with Gasteiger partial charge in [0, 0.05) is 5.92 Å². The standard InChI is InChI=1S/C30H34O5.C11H22.C6H8O.C3H6.C2H4O/c1-3-4-5-19-33-30(31)26-12-10-23(11-13-26)24-14-16-27(17-15-24)35-34-21-22-9-18-28(25-7-6-8-25)29(20-22)32-2;1-2-3-4-5-6-8-11-9-7-10-11;1-2-6(7)5-3-4-5;1-3-2;1-2-3/h9-18,20,25H,3-8,19,21H2,1-2H3;11H,2-10H2,1H3;2,5H,1,3-4H2;3H,1H2,2H3;2H,1H3. The Morgan fingerprint density at radius 2 is 1.32 bits per heavy atom. The molecule has 3 aliphatic rings. The van der Waals surface area contributed by atoms with Gasteiger partial charge in [-0.1, -0.05) is 140 Å². The maximum absolute atomic E-state index is 12.1. The SMILES string of the molecule is C=CC.C=CC(=O)C1CC1.CC=O.CCCCCCCC1CCC1.CCCCCOC(=O)c1ccc(-c2ccc(OOCc3ccc(C4CCC4)c(OC)c3)cc2)cc1. The molecule has 0 aliphatic heterocycles. The Bertz CT molecular complexity index is 1590. The molecule has 3 fully saturated rings. The molecule has 3 saturated carbocycles. The molecule has 3 aliphatic carbocycles. The molecular formula is C52H74O7.